The van der Waals surface area contributed by atoms with Gasteiger partial charge in [0.05, 0.1) is 17.0 Å². The van der Waals surface area contributed by atoms with Crippen molar-refractivity contribution < 1.29 is 9.53 Å². The molecule has 0 saturated heterocycles. The number of amides is 1. The summed E-state index contributed by atoms with van der Waals surface area (Å²) < 4.78 is 6.39. The number of hydrogen-bond acceptors (Lipinski definition) is 5. The first-order valence-electron chi connectivity index (χ1n) is 7.07. The van der Waals surface area contributed by atoms with Crippen LogP contribution in [-0.4, -0.2) is 30.6 Å². The first-order chi connectivity index (χ1) is 10.1. The lowest BCUT2D eigenvalue weighted by molar-refractivity contribution is 0.0910. The molecule has 5 nitrogen and oxygen atoms in total. The lowest BCUT2D eigenvalue weighted by atomic mass is 10.1. The molecule has 0 bridgehead atoms. The highest BCUT2D eigenvalue weighted by Gasteiger charge is 2.15. The normalized spacial score (nSPS) is 11.2. The van der Waals surface area contributed by atoms with Gasteiger partial charge in [-0.15, -0.1) is 11.3 Å². The molecule has 21 heavy (non-hydrogen) atoms. The van der Waals surface area contributed by atoms with Gasteiger partial charge in [-0.1, -0.05) is 13.8 Å². The van der Waals surface area contributed by atoms with Gasteiger partial charge in [0.1, 0.15) is 4.88 Å². The molecule has 2 aromatic rings. The van der Waals surface area contributed by atoms with Gasteiger partial charge in [-0.05, 0) is 18.4 Å². The Hall–Kier alpha value is -1.66. The van der Waals surface area contributed by atoms with Crippen LogP contribution in [0.15, 0.2) is 18.5 Å². The molecule has 0 saturated carbocycles. The van der Waals surface area contributed by atoms with E-state index in [-0.39, 0.29) is 5.91 Å². The summed E-state index contributed by atoms with van der Waals surface area (Å²) in [6.07, 6.45) is 4.43. The number of carbonyl (C=O) groups excluding carboxylic acids is 1. The number of carbonyl (C=O) groups is 1. The zero-order valence-electron chi connectivity index (χ0n) is 12.4. The average molecular weight is 307 g/mol. The van der Waals surface area contributed by atoms with Crippen molar-refractivity contribution in [2.24, 2.45) is 5.92 Å². The van der Waals surface area contributed by atoms with E-state index in [0.29, 0.717) is 29.6 Å². The second-order valence-corrected chi connectivity index (χ2v) is 6.32. The minimum Gasteiger partial charge on any atom is -0.397 e. The lowest BCUT2D eigenvalue weighted by Crippen LogP contribution is -2.27. The van der Waals surface area contributed by atoms with E-state index in [1.165, 1.54) is 11.3 Å². The zero-order chi connectivity index (χ0) is 15.2. The number of anilines is 1. The Morgan fingerprint density at radius 1 is 1.48 bits per heavy atom. The topological polar surface area (TPSA) is 77.2 Å². The van der Waals surface area contributed by atoms with Gasteiger partial charge in [0.15, 0.2) is 0 Å². The molecule has 0 spiro atoms. The lowest BCUT2D eigenvalue weighted by Gasteiger charge is -2.07. The molecular formula is C15H21N3O2S. The third kappa shape index (κ3) is 4.15. The average Bonchev–Trinajstić information content (AvgIpc) is 2.80. The van der Waals surface area contributed by atoms with Crippen molar-refractivity contribution in [3.8, 4) is 0 Å². The highest BCUT2D eigenvalue weighted by atomic mass is 32.1. The van der Waals surface area contributed by atoms with Crippen molar-refractivity contribution >= 4 is 33.0 Å². The maximum atomic E-state index is 12.1. The number of fused-ring (bicyclic) bond motifs is 1. The highest BCUT2D eigenvalue weighted by molar-refractivity contribution is 7.21. The molecule has 2 aromatic heterocycles. The smallest absolute Gasteiger partial charge is 0.263 e. The molecule has 0 fully saturated rings. The number of nitrogens with one attached hydrogen (secondary N) is 1. The maximum absolute atomic E-state index is 12.1. The van der Waals surface area contributed by atoms with Crippen molar-refractivity contribution in [2.75, 3.05) is 25.5 Å². The Labute approximate surface area is 128 Å². The third-order valence-corrected chi connectivity index (χ3v) is 4.26. The zero-order valence-corrected chi connectivity index (χ0v) is 13.2. The first-order valence-corrected chi connectivity index (χ1v) is 7.89. The maximum Gasteiger partial charge on any atom is 0.263 e. The van der Waals surface area contributed by atoms with Gasteiger partial charge in [-0.25, -0.2) is 0 Å². The van der Waals surface area contributed by atoms with Gasteiger partial charge in [0.2, 0.25) is 0 Å². The van der Waals surface area contributed by atoms with Crippen molar-refractivity contribution in [3.63, 3.8) is 0 Å². The predicted molar refractivity (Wildman–Crippen MR) is 86.6 cm³/mol. The van der Waals surface area contributed by atoms with Crippen LogP contribution in [0.3, 0.4) is 0 Å². The first kappa shape index (κ1) is 15.7. The van der Waals surface area contributed by atoms with Gasteiger partial charge < -0.3 is 15.8 Å². The van der Waals surface area contributed by atoms with Crippen LogP contribution in [0.5, 0.6) is 0 Å². The molecule has 0 aromatic carbocycles. The molecule has 0 aliphatic heterocycles. The molecule has 0 aliphatic carbocycles. The Balaban J connectivity index is 1.84. The summed E-state index contributed by atoms with van der Waals surface area (Å²) in [7, 11) is 0. The molecule has 114 valence electrons. The minimum atomic E-state index is -0.152. The largest absolute Gasteiger partial charge is 0.397 e. The fourth-order valence-electron chi connectivity index (χ4n) is 1.88. The van der Waals surface area contributed by atoms with Crippen molar-refractivity contribution in [1.82, 2.24) is 10.3 Å². The van der Waals surface area contributed by atoms with E-state index in [1.54, 1.807) is 12.4 Å². The number of nitrogen functional groups attached to an aromatic ring is 1. The second-order valence-electron chi connectivity index (χ2n) is 5.27. The number of hydrogen-bond donors (Lipinski definition) is 2. The van der Waals surface area contributed by atoms with Crippen molar-refractivity contribution in [3.05, 3.63) is 23.3 Å². The van der Waals surface area contributed by atoms with Gasteiger partial charge in [-0.2, -0.15) is 0 Å². The molecule has 3 N–H and O–H groups in total. The number of nitrogens with two attached hydrogens (primary N) is 1. The predicted octanol–water partition coefficient (Wildman–Crippen LogP) is 2.67. The number of pyridine rings is 1. The summed E-state index contributed by atoms with van der Waals surface area (Å²) in [5, 5.41) is 3.72. The fourth-order valence-corrected chi connectivity index (χ4v) is 2.88. The van der Waals surface area contributed by atoms with Gasteiger partial charge >= 0.3 is 0 Å². The highest BCUT2D eigenvalue weighted by Crippen LogP contribution is 2.32. The summed E-state index contributed by atoms with van der Waals surface area (Å²) in [6, 6.07) is 1.83. The monoisotopic (exact) mass is 307 g/mol. The standard InChI is InChI=1S/C15H21N3O2S/c1-10(2)4-7-20-8-6-18-15(19)14-13(16)11-3-5-17-9-12(11)21-14/h3,5,9-10H,4,6-8,16H2,1-2H3,(H,18,19). The molecule has 0 aliphatic rings. The van der Waals surface area contributed by atoms with Crippen LogP contribution in [-0.2, 0) is 4.74 Å². The molecular weight excluding hydrogens is 286 g/mol. The summed E-state index contributed by atoms with van der Waals surface area (Å²) in [4.78, 5) is 16.7. The van der Waals surface area contributed by atoms with E-state index in [0.717, 1.165) is 23.1 Å². The minimum absolute atomic E-state index is 0.152. The Kier molecular flexibility index (Phi) is 5.52. The molecule has 2 heterocycles. The Morgan fingerprint density at radius 2 is 2.29 bits per heavy atom. The molecule has 6 heteroatoms. The molecule has 1 amide bonds. The van der Waals surface area contributed by atoms with E-state index < -0.39 is 0 Å². The van der Waals surface area contributed by atoms with Gasteiger partial charge in [0, 0.05) is 30.9 Å². The second kappa shape index (κ2) is 7.38. The van der Waals surface area contributed by atoms with Crippen LogP contribution >= 0.6 is 11.3 Å². The fraction of sp³-hybridized carbons (Fsp3) is 0.467. The molecule has 0 unspecified atom stereocenters. The van der Waals surface area contributed by atoms with Gasteiger partial charge in [0.25, 0.3) is 5.91 Å². The van der Waals surface area contributed by atoms with Gasteiger partial charge in [-0.3, -0.25) is 9.78 Å². The van der Waals surface area contributed by atoms with Crippen molar-refractivity contribution in [2.45, 2.75) is 20.3 Å². The summed E-state index contributed by atoms with van der Waals surface area (Å²) in [6.45, 7) is 6.05. The quantitative estimate of drug-likeness (QED) is 0.771. The van der Waals surface area contributed by atoms with Crippen LogP contribution in [0.1, 0.15) is 29.9 Å². The number of thiophene rings is 1. The van der Waals surface area contributed by atoms with Crippen LogP contribution in [0, 0.1) is 5.92 Å². The van der Waals surface area contributed by atoms with Crippen LogP contribution in [0.25, 0.3) is 10.1 Å². The number of rotatable bonds is 7. The molecule has 0 atom stereocenters. The van der Waals surface area contributed by atoms with Crippen LogP contribution in [0.4, 0.5) is 5.69 Å². The van der Waals surface area contributed by atoms with Crippen LogP contribution in [0.2, 0.25) is 0 Å². The number of nitrogens with zero attached hydrogens (tertiary/aromatic N) is 1. The summed E-state index contributed by atoms with van der Waals surface area (Å²) >= 11 is 1.36. The van der Waals surface area contributed by atoms with E-state index in [9.17, 15) is 4.79 Å². The summed E-state index contributed by atoms with van der Waals surface area (Å²) in [5.74, 6) is 0.479. The van der Waals surface area contributed by atoms with E-state index in [2.05, 4.69) is 24.1 Å². The van der Waals surface area contributed by atoms with Crippen LogP contribution < -0.4 is 11.1 Å². The molecule has 0 radical (unpaired) electrons. The number of aromatic nitrogens is 1. The van der Waals surface area contributed by atoms with E-state index in [1.807, 2.05) is 6.07 Å². The summed E-state index contributed by atoms with van der Waals surface area (Å²) in [5.41, 5.74) is 6.54. The van der Waals surface area contributed by atoms with Crippen molar-refractivity contribution in [1.29, 1.82) is 0 Å². The number of ether oxygens (including phenoxy) is 1. The van der Waals surface area contributed by atoms with E-state index >= 15 is 0 Å². The SMILES string of the molecule is CC(C)CCOCCNC(=O)c1sc2cnccc2c1N. The van der Waals surface area contributed by atoms with E-state index in [4.69, 9.17) is 10.5 Å². The Bertz CT molecular complexity index is 610. The third-order valence-electron chi connectivity index (χ3n) is 3.11. The molecule has 2 rings (SSSR count). The Morgan fingerprint density at radius 3 is 3.00 bits per heavy atom.